The highest BCUT2D eigenvalue weighted by atomic mass is 16.5. The fourth-order valence-electron chi connectivity index (χ4n) is 5.45. The van der Waals surface area contributed by atoms with Crippen molar-refractivity contribution >= 4 is 11.8 Å². The Kier molecular flexibility index (Phi) is 7.67. The number of nitrogens with zero attached hydrogens (tertiary/aromatic N) is 1. The van der Waals surface area contributed by atoms with E-state index in [9.17, 15) is 19.8 Å². The topological polar surface area (TPSA) is 108 Å². The van der Waals surface area contributed by atoms with Crippen LogP contribution in [0.4, 0.5) is 0 Å². The molecule has 0 radical (unpaired) electrons. The number of nitrogens with one attached hydrogen (secondary N) is 1. The predicted molar refractivity (Wildman–Crippen MR) is 122 cm³/mol. The van der Waals surface area contributed by atoms with Crippen LogP contribution in [0.5, 0.6) is 5.75 Å². The summed E-state index contributed by atoms with van der Waals surface area (Å²) in [5.74, 6) is -0.200. The number of hydrogen-bond acceptors (Lipinski definition) is 6. The number of carbonyl (C=O) groups is 2. The number of ether oxygens (including phenoxy) is 2. The molecule has 0 saturated heterocycles. The van der Waals surface area contributed by atoms with Gasteiger partial charge in [-0.2, -0.15) is 0 Å². The molecule has 4 unspecified atom stereocenters. The lowest BCUT2D eigenvalue weighted by atomic mass is 9.77. The van der Waals surface area contributed by atoms with E-state index in [0.717, 1.165) is 37.7 Å². The maximum absolute atomic E-state index is 13.3. The monoisotopic (exact) mass is 458 g/mol. The fraction of sp³-hybridized carbons (Fsp3) is 0.600. The van der Waals surface area contributed by atoms with E-state index in [4.69, 9.17) is 9.47 Å². The zero-order valence-corrected chi connectivity index (χ0v) is 19.1. The zero-order chi connectivity index (χ0) is 23.4. The van der Waals surface area contributed by atoms with Crippen LogP contribution in [0.25, 0.3) is 0 Å². The van der Waals surface area contributed by atoms with Gasteiger partial charge in [0.15, 0.2) is 0 Å². The second kappa shape index (κ2) is 10.7. The summed E-state index contributed by atoms with van der Waals surface area (Å²) >= 11 is 0. The number of aliphatic hydroxyl groups is 2. The van der Waals surface area contributed by atoms with Crippen molar-refractivity contribution in [3.05, 3.63) is 41.5 Å². The SMILES string of the molecule is COCCC(=O)N(C1CCCCC1)C1C=C(C(=O)NCCO)C2c3ccccc3OC2C1O. The third-order valence-corrected chi connectivity index (χ3v) is 6.97. The highest BCUT2D eigenvalue weighted by molar-refractivity contribution is 5.96. The van der Waals surface area contributed by atoms with E-state index in [2.05, 4.69) is 5.32 Å². The van der Waals surface area contributed by atoms with E-state index in [1.165, 1.54) is 0 Å². The minimum atomic E-state index is -0.981. The van der Waals surface area contributed by atoms with Crippen LogP contribution in [-0.2, 0) is 14.3 Å². The van der Waals surface area contributed by atoms with Gasteiger partial charge in [-0.05, 0) is 25.0 Å². The number of carbonyl (C=O) groups excluding carboxylic acids is 2. The van der Waals surface area contributed by atoms with Crippen molar-refractivity contribution in [1.29, 1.82) is 0 Å². The van der Waals surface area contributed by atoms with Crippen LogP contribution >= 0.6 is 0 Å². The van der Waals surface area contributed by atoms with Gasteiger partial charge in [0.2, 0.25) is 11.8 Å². The number of methoxy groups -OCH3 is 1. The fourth-order valence-corrected chi connectivity index (χ4v) is 5.45. The van der Waals surface area contributed by atoms with E-state index in [0.29, 0.717) is 17.9 Å². The first-order chi connectivity index (χ1) is 16.1. The molecule has 0 bridgehead atoms. The summed E-state index contributed by atoms with van der Waals surface area (Å²) in [6.07, 6.45) is 5.26. The average Bonchev–Trinajstić information content (AvgIpc) is 3.23. The number of fused-ring (bicyclic) bond motifs is 3. The Hall–Kier alpha value is -2.42. The number of rotatable bonds is 8. The lowest BCUT2D eigenvalue weighted by Crippen LogP contribution is -2.58. The maximum Gasteiger partial charge on any atom is 0.247 e. The van der Waals surface area contributed by atoms with Crippen LogP contribution in [0.3, 0.4) is 0 Å². The summed E-state index contributed by atoms with van der Waals surface area (Å²) in [5.41, 5.74) is 1.31. The Bertz CT molecular complexity index is 881. The first-order valence-electron chi connectivity index (χ1n) is 11.9. The average molecular weight is 459 g/mol. The minimum Gasteiger partial charge on any atom is -0.486 e. The lowest BCUT2D eigenvalue weighted by molar-refractivity contribution is -0.142. The molecule has 1 aliphatic heterocycles. The molecule has 180 valence electrons. The molecule has 3 N–H and O–H groups in total. The standard InChI is InChI=1S/C25H34N2O6/c1-32-14-11-21(29)27(16-7-3-2-4-8-16)19-15-18(25(31)26-12-13-28)22-17-9-5-6-10-20(17)33-24(22)23(19)30/h5-6,9-10,15-16,19,22-24,28,30H,2-4,7-8,11-14H2,1H3,(H,26,31). The molecule has 1 heterocycles. The normalized spacial score (nSPS) is 26.6. The van der Waals surface area contributed by atoms with Crippen LogP contribution in [0.1, 0.15) is 50.0 Å². The first-order valence-corrected chi connectivity index (χ1v) is 11.9. The summed E-state index contributed by atoms with van der Waals surface area (Å²) in [4.78, 5) is 28.3. The van der Waals surface area contributed by atoms with Crippen molar-refractivity contribution in [3.8, 4) is 5.75 Å². The van der Waals surface area contributed by atoms with Gasteiger partial charge in [0, 0.05) is 30.8 Å². The summed E-state index contributed by atoms with van der Waals surface area (Å²) in [7, 11) is 1.56. The third-order valence-electron chi connectivity index (χ3n) is 6.97. The van der Waals surface area contributed by atoms with Gasteiger partial charge in [0.25, 0.3) is 0 Å². The van der Waals surface area contributed by atoms with Crippen molar-refractivity contribution < 1.29 is 29.3 Å². The van der Waals surface area contributed by atoms with Crippen molar-refractivity contribution in [2.45, 2.75) is 68.7 Å². The number of aliphatic hydroxyl groups excluding tert-OH is 2. The number of benzene rings is 1. The first kappa shape index (κ1) is 23.7. The molecule has 1 saturated carbocycles. The van der Waals surface area contributed by atoms with Crippen molar-refractivity contribution in [2.24, 2.45) is 0 Å². The van der Waals surface area contributed by atoms with Crippen molar-refractivity contribution in [3.63, 3.8) is 0 Å². The Morgan fingerprint density at radius 3 is 2.70 bits per heavy atom. The number of hydrogen-bond donors (Lipinski definition) is 3. The van der Waals surface area contributed by atoms with E-state index >= 15 is 0 Å². The van der Waals surface area contributed by atoms with Gasteiger partial charge in [-0.25, -0.2) is 0 Å². The van der Waals surface area contributed by atoms with Crippen LogP contribution < -0.4 is 10.1 Å². The van der Waals surface area contributed by atoms with E-state index in [1.54, 1.807) is 18.1 Å². The number of para-hydroxylation sites is 1. The summed E-state index contributed by atoms with van der Waals surface area (Å²) in [5, 5.41) is 23.4. The molecule has 1 aromatic carbocycles. The molecule has 4 rings (SSSR count). The highest BCUT2D eigenvalue weighted by Crippen LogP contribution is 2.47. The smallest absolute Gasteiger partial charge is 0.247 e. The molecule has 3 aliphatic rings. The van der Waals surface area contributed by atoms with Gasteiger partial charge in [-0.3, -0.25) is 9.59 Å². The largest absolute Gasteiger partial charge is 0.486 e. The van der Waals surface area contributed by atoms with Crippen molar-refractivity contribution in [1.82, 2.24) is 10.2 Å². The summed E-state index contributed by atoms with van der Waals surface area (Å²) in [6.45, 7) is 0.255. The van der Waals surface area contributed by atoms with Gasteiger partial charge in [0.1, 0.15) is 18.0 Å². The maximum atomic E-state index is 13.3. The van der Waals surface area contributed by atoms with E-state index < -0.39 is 24.2 Å². The molecular weight excluding hydrogens is 424 g/mol. The van der Waals surface area contributed by atoms with Gasteiger partial charge in [-0.15, -0.1) is 0 Å². The minimum absolute atomic E-state index is 0.00101. The quantitative estimate of drug-likeness (QED) is 0.545. The molecule has 2 amide bonds. The van der Waals surface area contributed by atoms with Crippen LogP contribution in [0.2, 0.25) is 0 Å². The van der Waals surface area contributed by atoms with Crippen molar-refractivity contribution in [2.75, 3.05) is 26.9 Å². The molecule has 0 aromatic heterocycles. The molecule has 0 spiro atoms. The molecule has 1 fully saturated rings. The zero-order valence-electron chi connectivity index (χ0n) is 19.1. The van der Waals surface area contributed by atoms with Crippen LogP contribution in [0, 0.1) is 0 Å². The second-order valence-corrected chi connectivity index (χ2v) is 9.02. The van der Waals surface area contributed by atoms with Gasteiger partial charge < -0.3 is 29.9 Å². The molecule has 8 heteroatoms. The molecular formula is C25H34N2O6. The van der Waals surface area contributed by atoms with Gasteiger partial charge in [-0.1, -0.05) is 37.5 Å². The lowest BCUT2D eigenvalue weighted by Gasteiger charge is -2.45. The molecule has 33 heavy (non-hydrogen) atoms. The Balaban J connectivity index is 1.73. The predicted octanol–water partition coefficient (Wildman–Crippen LogP) is 1.51. The Morgan fingerprint density at radius 1 is 1.21 bits per heavy atom. The van der Waals surface area contributed by atoms with Gasteiger partial charge in [0.05, 0.1) is 31.6 Å². The van der Waals surface area contributed by atoms with E-state index in [-0.39, 0.29) is 37.4 Å². The summed E-state index contributed by atoms with van der Waals surface area (Å²) < 4.78 is 11.3. The van der Waals surface area contributed by atoms with Crippen LogP contribution in [-0.4, -0.2) is 78.1 Å². The highest BCUT2D eigenvalue weighted by Gasteiger charge is 2.51. The Morgan fingerprint density at radius 2 is 1.97 bits per heavy atom. The Labute approximate surface area is 194 Å². The second-order valence-electron chi connectivity index (χ2n) is 9.02. The molecule has 4 atom stereocenters. The third kappa shape index (κ3) is 4.78. The number of amides is 2. The summed E-state index contributed by atoms with van der Waals surface area (Å²) in [6, 6.07) is 6.81. The van der Waals surface area contributed by atoms with E-state index in [1.807, 2.05) is 24.3 Å². The van der Waals surface area contributed by atoms with Gasteiger partial charge >= 0.3 is 0 Å². The molecule has 8 nitrogen and oxygen atoms in total. The molecule has 2 aliphatic carbocycles. The molecule has 1 aromatic rings. The van der Waals surface area contributed by atoms with Crippen LogP contribution in [0.15, 0.2) is 35.9 Å².